The predicted molar refractivity (Wildman–Crippen MR) is 109 cm³/mol. The predicted octanol–water partition coefficient (Wildman–Crippen LogP) is 3.87. The molecule has 2 fully saturated rings. The van der Waals surface area contributed by atoms with E-state index in [1.165, 1.54) is 18.4 Å². The first-order valence-corrected chi connectivity index (χ1v) is 8.76. The highest BCUT2D eigenvalue weighted by Crippen LogP contribution is 2.23. The van der Waals surface area contributed by atoms with Crippen LogP contribution in [0.2, 0.25) is 0 Å². The van der Waals surface area contributed by atoms with E-state index in [1.54, 1.807) is 6.20 Å². The molecule has 6 heteroatoms. The Morgan fingerprint density at radius 2 is 1.77 bits per heavy atom. The minimum Gasteiger partial charge on any atom is -0.337 e. The number of amides is 1. The van der Waals surface area contributed by atoms with Crippen LogP contribution >= 0.6 is 24.8 Å². The lowest BCUT2D eigenvalue weighted by molar-refractivity contribution is 0.0748. The van der Waals surface area contributed by atoms with Gasteiger partial charge in [0.2, 0.25) is 0 Å². The van der Waals surface area contributed by atoms with Gasteiger partial charge >= 0.3 is 0 Å². The van der Waals surface area contributed by atoms with E-state index in [4.69, 9.17) is 0 Å². The lowest BCUT2D eigenvalue weighted by atomic mass is 10.0. The molecule has 2 unspecified atom stereocenters. The van der Waals surface area contributed by atoms with Crippen LogP contribution in [0.4, 0.5) is 0 Å². The molecule has 1 N–H and O–H groups in total. The highest BCUT2D eigenvalue weighted by atomic mass is 35.5. The lowest BCUT2D eigenvalue weighted by Gasteiger charge is -2.24. The van der Waals surface area contributed by atoms with Crippen LogP contribution in [0.1, 0.15) is 35.2 Å². The molecule has 26 heavy (non-hydrogen) atoms. The van der Waals surface area contributed by atoms with E-state index in [-0.39, 0.29) is 30.7 Å². The van der Waals surface area contributed by atoms with Crippen LogP contribution in [0.15, 0.2) is 42.7 Å². The molecule has 0 spiro atoms. The summed E-state index contributed by atoms with van der Waals surface area (Å²) in [5, 5.41) is 3.62. The summed E-state index contributed by atoms with van der Waals surface area (Å²) in [6.45, 7) is 3.72. The standard InChI is InChI=1S/C20H23N3O.2ClH/c1-14-2-4-15(5-3-14)16-10-17(12-21-11-16)20(24)23-9-8-18-6-7-19(13-23)22-18;;/h2-5,10-12,18-19,22H,6-9,13H2,1H3;2*1H. The van der Waals surface area contributed by atoms with Gasteiger partial charge in [-0.25, -0.2) is 0 Å². The molecule has 1 amide bonds. The number of hydrogen-bond acceptors (Lipinski definition) is 3. The number of nitrogens with zero attached hydrogens (tertiary/aromatic N) is 2. The summed E-state index contributed by atoms with van der Waals surface area (Å²) < 4.78 is 0. The number of carbonyl (C=O) groups excluding carboxylic acids is 1. The van der Waals surface area contributed by atoms with Crippen molar-refractivity contribution in [2.45, 2.75) is 38.3 Å². The summed E-state index contributed by atoms with van der Waals surface area (Å²) in [5.41, 5.74) is 4.01. The number of aryl methyl sites for hydroxylation is 1. The maximum absolute atomic E-state index is 12.9. The molecule has 1 aromatic heterocycles. The average Bonchev–Trinajstić information content (AvgIpc) is 2.94. The third kappa shape index (κ3) is 4.37. The van der Waals surface area contributed by atoms with Crippen LogP contribution in [0.5, 0.6) is 0 Å². The number of halogens is 2. The first-order chi connectivity index (χ1) is 11.7. The van der Waals surface area contributed by atoms with Crippen molar-refractivity contribution < 1.29 is 4.79 Å². The molecular weight excluding hydrogens is 369 g/mol. The van der Waals surface area contributed by atoms with Crippen molar-refractivity contribution in [1.29, 1.82) is 0 Å². The van der Waals surface area contributed by atoms with Gasteiger partial charge in [0, 0.05) is 43.1 Å². The minimum absolute atomic E-state index is 0. The summed E-state index contributed by atoms with van der Waals surface area (Å²) in [6, 6.07) is 11.3. The third-order valence-corrected chi connectivity index (χ3v) is 5.18. The number of likely N-dealkylation sites (tertiary alicyclic amines) is 1. The van der Waals surface area contributed by atoms with Gasteiger partial charge in [-0.2, -0.15) is 0 Å². The molecule has 0 aliphatic carbocycles. The molecule has 3 heterocycles. The van der Waals surface area contributed by atoms with Crippen molar-refractivity contribution in [3.63, 3.8) is 0 Å². The van der Waals surface area contributed by atoms with Crippen LogP contribution in [-0.4, -0.2) is 41.0 Å². The second-order valence-electron chi connectivity index (χ2n) is 7.01. The van der Waals surface area contributed by atoms with Crippen molar-refractivity contribution in [3.8, 4) is 11.1 Å². The number of pyridine rings is 1. The molecule has 2 bridgehead atoms. The molecule has 2 atom stereocenters. The Balaban J connectivity index is 0.00000121. The largest absolute Gasteiger partial charge is 0.337 e. The Kier molecular flexibility index (Phi) is 7.04. The number of benzene rings is 1. The topological polar surface area (TPSA) is 45.2 Å². The van der Waals surface area contributed by atoms with Crippen molar-refractivity contribution in [2.75, 3.05) is 13.1 Å². The Morgan fingerprint density at radius 3 is 2.54 bits per heavy atom. The van der Waals surface area contributed by atoms with Crippen LogP contribution in [0, 0.1) is 6.92 Å². The second kappa shape index (κ2) is 8.85. The van der Waals surface area contributed by atoms with Gasteiger partial charge in [-0.3, -0.25) is 9.78 Å². The Morgan fingerprint density at radius 1 is 1.04 bits per heavy atom. The minimum atomic E-state index is 0. The van der Waals surface area contributed by atoms with Gasteiger partial charge in [0.05, 0.1) is 5.56 Å². The van der Waals surface area contributed by atoms with Gasteiger partial charge in [0.1, 0.15) is 0 Å². The summed E-state index contributed by atoms with van der Waals surface area (Å²) in [7, 11) is 0. The SMILES string of the molecule is Cc1ccc(-c2cncc(C(=O)N3CCC4CCC(C3)N4)c2)cc1.Cl.Cl. The van der Waals surface area contributed by atoms with Crippen molar-refractivity contribution >= 4 is 30.7 Å². The Hall–Kier alpha value is -1.62. The highest BCUT2D eigenvalue weighted by molar-refractivity contribution is 5.95. The zero-order valence-electron chi connectivity index (χ0n) is 14.9. The number of fused-ring (bicyclic) bond motifs is 2. The van der Waals surface area contributed by atoms with Crippen LogP contribution in [0.25, 0.3) is 11.1 Å². The molecular formula is C20H25Cl2N3O. The van der Waals surface area contributed by atoms with Gasteiger partial charge in [0.25, 0.3) is 5.91 Å². The molecule has 2 aromatic rings. The fraction of sp³-hybridized carbons (Fsp3) is 0.400. The number of nitrogens with one attached hydrogen (secondary N) is 1. The Bertz CT molecular complexity index is 751. The fourth-order valence-corrected chi connectivity index (χ4v) is 3.77. The Labute approximate surface area is 167 Å². The molecule has 4 nitrogen and oxygen atoms in total. The first kappa shape index (κ1) is 20.7. The van der Waals surface area contributed by atoms with E-state index in [2.05, 4.69) is 41.5 Å². The molecule has 0 radical (unpaired) electrons. The van der Waals surface area contributed by atoms with Crippen molar-refractivity contribution in [2.24, 2.45) is 0 Å². The van der Waals surface area contributed by atoms with Crippen LogP contribution in [0.3, 0.4) is 0 Å². The fourth-order valence-electron chi connectivity index (χ4n) is 3.77. The van der Waals surface area contributed by atoms with E-state index >= 15 is 0 Å². The van der Waals surface area contributed by atoms with Crippen LogP contribution < -0.4 is 5.32 Å². The second-order valence-corrected chi connectivity index (χ2v) is 7.01. The van der Waals surface area contributed by atoms with Crippen molar-refractivity contribution in [3.05, 3.63) is 53.9 Å². The number of rotatable bonds is 2. The number of hydrogen-bond donors (Lipinski definition) is 1. The smallest absolute Gasteiger partial charge is 0.255 e. The highest BCUT2D eigenvalue weighted by Gasteiger charge is 2.31. The maximum Gasteiger partial charge on any atom is 0.255 e. The third-order valence-electron chi connectivity index (χ3n) is 5.18. The van der Waals surface area contributed by atoms with E-state index in [0.29, 0.717) is 17.6 Å². The molecule has 2 aliphatic heterocycles. The van der Waals surface area contributed by atoms with Gasteiger partial charge < -0.3 is 10.2 Å². The summed E-state index contributed by atoms with van der Waals surface area (Å²) in [6.07, 6.45) is 6.99. The van der Waals surface area contributed by atoms with E-state index < -0.39 is 0 Å². The van der Waals surface area contributed by atoms with Gasteiger partial charge in [-0.15, -0.1) is 24.8 Å². The number of aromatic nitrogens is 1. The maximum atomic E-state index is 12.9. The molecule has 140 valence electrons. The zero-order chi connectivity index (χ0) is 16.5. The molecule has 2 saturated heterocycles. The lowest BCUT2D eigenvalue weighted by Crippen LogP contribution is -2.39. The normalized spacial score (nSPS) is 21.3. The zero-order valence-corrected chi connectivity index (χ0v) is 16.5. The van der Waals surface area contributed by atoms with Gasteiger partial charge in [0.15, 0.2) is 0 Å². The summed E-state index contributed by atoms with van der Waals surface area (Å²) in [4.78, 5) is 19.2. The summed E-state index contributed by atoms with van der Waals surface area (Å²) in [5.74, 6) is 0.103. The van der Waals surface area contributed by atoms with E-state index in [9.17, 15) is 4.79 Å². The molecule has 0 saturated carbocycles. The summed E-state index contributed by atoms with van der Waals surface area (Å²) >= 11 is 0. The van der Waals surface area contributed by atoms with Gasteiger partial charge in [-0.05, 0) is 37.8 Å². The van der Waals surface area contributed by atoms with Crippen molar-refractivity contribution in [1.82, 2.24) is 15.2 Å². The first-order valence-electron chi connectivity index (χ1n) is 8.76. The average molecular weight is 394 g/mol. The molecule has 2 aliphatic rings. The van der Waals surface area contributed by atoms with Crippen LogP contribution in [-0.2, 0) is 0 Å². The molecule has 1 aromatic carbocycles. The monoisotopic (exact) mass is 393 g/mol. The van der Waals surface area contributed by atoms with E-state index in [1.807, 2.05) is 17.2 Å². The molecule has 4 rings (SSSR count). The number of carbonyl (C=O) groups is 1. The quantitative estimate of drug-likeness (QED) is 0.841. The van der Waals surface area contributed by atoms with E-state index in [0.717, 1.165) is 30.6 Å². The van der Waals surface area contributed by atoms with Gasteiger partial charge in [-0.1, -0.05) is 29.8 Å².